The Morgan fingerprint density at radius 1 is 1.09 bits per heavy atom. The lowest BCUT2D eigenvalue weighted by Gasteiger charge is -2.39. The normalized spacial score (nSPS) is 19.7. The first-order valence-electron chi connectivity index (χ1n) is 10.7. The number of nitrogens with zero attached hydrogens (tertiary/aromatic N) is 1. The van der Waals surface area contributed by atoms with Crippen LogP contribution < -0.4 is 16.0 Å². The zero-order valence-electron chi connectivity index (χ0n) is 17.6. The number of nitrogens with one attached hydrogen (secondary N) is 3. The third-order valence-corrected chi connectivity index (χ3v) is 8.18. The van der Waals surface area contributed by atoms with Gasteiger partial charge in [0.2, 0.25) is 5.91 Å². The number of carbonyl (C=O) groups is 2. The van der Waals surface area contributed by atoms with E-state index in [1.54, 1.807) is 34.9 Å². The van der Waals surface area contributed by atoms with Crippen LogP contribution in [0.5, 0.6) is 0 Å². The van der Waals surface area contributed by atoms with Crippen molar-refractivity contribution in [2.75, 3.05) is 30.7 Å². The molecule has 0 radical (unpaired) electrons. The molecule has 4 rings (SSSR count). The summed E-state index contributed by atoms with van der Waals surface area (Å²) in [4.78, 5) is 26.9. The summed E-state index contributed by atoms with van der Waals surface area (Å²) in [5.41, 5.74) is 1.83. The first kappa shape index (κ1) is 23.2. The number of urea groups is 1. The maximum Gasteiger partial charge on any atom is 0.321 e. The van der Waals surface area contributed by atoms with Gasteiger partial charge < -0.3 is 15.5 Å². The van der Waals surface area contributed by atoms with Crippen LogP contribution >= 0.6 is 35.0 Å². The first-order valence-corrected chi connectivity index (χ1v) is 12.4. The number of amides is 3. The third-order valence-electron chi connectivity index (χ3n) is 5.86. The predicted octanol–water partition coefficient (Wildman–Crippen LogP) is 4.38. The van der Waals surface area contributed by atoms with Crippen molar-refractivity contribution in [2.24, 2.45) is 0 Å². The highest BCUT2D eigenvalue weighted by atomic mass is 35.5. The molecule has 32 heavy (non-hydrogen) atoms. The SMILES string of the molecule is O=C(NCCc1ccccc1)C1CSC2(CCN(C(=O)Nc3ccc(Cl)c(Cl)c3)CC2)N1. The van der Waals surface area contributed by atoms with Gasteiger partial charge in [0.05, 0.1) is 21.0 Å². The zero-order valence-corrected chi connectivity index (χ0v) is 19.9. The lowest BCUT2D eigenvalue weighted by Crippen LogP contribution is -2.55. The lowest BCUT2D eigenvalue weighted by molar-refractivity contribution is -0.122. The number of likely N-dealkylation sites (tertiary alicyclic amines) is 1. The van der Waals surface area contributed by atoms with Gasteiger partial charge in [-0.1, -0.05) is 53.5 Å². The number of thioether (sulfide) groups is 1. The fourth-order valence-electron chi connectivity index (χ4n) is 4.02. The van der Waals surface area contributed by atoms with E-state index in [0.717, 1.165) is 25.0 Å². The van der Waals surface area contributed by atoms with Gasteiger partial charge >= 0.3 is 6.03 Å². The summed E-state index contributed by atoms with van der Waals surface area (Å²) in [7, 11) is 0. The minimum Gasteiger partial charge on any atom is -0.354 e. The van der Waals surface area contributed by atoms with Crippen LogP contribution in [0.1, 0.15) is 18.4 Å². The molecule has 2 saturated heterocycles. The molecule has 0 saturated carbocycles. The third kappa shape index (κ3) is 5.70. The minimum atomic E-state index is -0.202. The van der Waals surface area contributed by atoms with Gasteiger partial charge in [0.15, 0.2) is 0 Å². The highest BCUT2D eigenvalue weighted by Crippen LogP contribution is 2.39. The van der Waals surface area contributed by atoms with Crippen LogP contribution in [-0.4, -0.2) is 53.1 Å². The number of anilines is 1. The Morgan fingerprint density at radius 2 is 1.84 bits per heavy atom. The van der Waals surface area contributed by atoms with Crippen LogP contribution in [0.4, 0.5) is 10.5 Å². The molecule has 2 aliphatic heterocycles. The van der Waals surface area contributed by atoms with Gasteiger partial charge in [-0.15, -0.1) is 11.8 Å². The standard InChI is InChI=1S/C23H26Cl2N4O2S/c24-18-7-6-17(14-19(18)25)27-22(31)29-12-9-23(10-13-29)28-20(15-32-23)21(30)26-11-8-16-4-2-1-3-5-16/h1-7,14,20,28H,8-13,15H2,(H,26,30)(H,27,31). The zero-order chi connectivity index (χ0) is 22.6. The molecule has 0 aliphatic carbocycles. The molecule has 2 aromatic carbocycles. The monoisotopic (exact) mass is 492 g/mol. The fourth-order valence-corrected chi connectivity index (χ4v) is 5.73. The van der Waals surface area contributed by atoms with Crippen LogP contribution in [0, 0.1) is 0 Å². The quantitative estimate of drug-likeness (QED) is 0.578. The number of carbonyl (C=O) groups excluding carboxylic acids is 2. The molecular weight excluding hydrogens is 467 g/mol. The number of benzene rings is 2. The van der Waals surface area contributed by atoms with Gasteiger partial charge in [-0.25, -0.2) is 4.79 Å². The van der Waals surface area contributed by atoms with Crippen molar-refractivity contribution >= 4 is 52.6 Å². The molecule has 170 valence electrons. The van der Waals surface area contributed by atoms with E-state index in [1.165, 1.54) is 5.56 Å². The number of hydrogen-bond acceptors (Lipinski definition) is 4. The van der Waals surface area contributed by atoms with Crippen LogP contribution in [0.25, 0.3) is 0 Å². The van der Waals surface area contributed by atoms with Gasteiger partial charge in [-0.3, -0.25) is 10.1 Å². The van der Waals surface area contributed by atoms with Crippen molar-refractivity contribution in [3.05, 3.63) is 64.1 Å². The summed E-state index contributed by atoms with van der Waals surface area (Å²) in [6.07, 6.45) is 2.40. The van der Waals surface area contributed by atoms with Crippen molar-refractivity contribution in [3.63, 3.8) is 0 Å². The molecule has 0 bridgehead atoms. The number of halogens is 2. The molecule has 0 aromatic heterocycles. The Bertz CT molecular complexity index is 968. The molecule has 9 heteroatoms. The van der Waals surface area contributed by atoms with Crippen LogP contribution in [0.2, 0.25) is 10.0 Å². The van der Waals surface area contributed by atoms with Crippen LogP contribution in [0.3, 0.4) is 0 Å². The van der Waals surface area contributed by atoms with Crippen molar-refractivity contribution in [2.45, 2.75) is 30.2 Å². The second-order valence-electron chi connectivity index (χ2n) is 8.07. The molecular formula is C23H26Cl2N4O2S. The van der Waals surface area contributed by atoms with Gasteiger partial charge in [0.1, 0.15) is 0 Å². The highest BCUT2D eigenvalue weighted by Gasteiger charge is 2.44. The van der Waals surface area contributed by atoms with Crippen molar-refractivity contribution in [3.8, 4) is 0 Å². The number of hydrogen-bond donors (Lipinski definition) is 3. The molecule has 1 unspecified atom stereocenters. The van der Waals surface area contributed by atoms with E-state index >= 15 is 0 Å². The van der Waals surface area contributed by atoms with E-state index in [2.05, 4.69) is 28.1 Å². The Balaban J connectivity index is 1.22. The van der Waals surface area contributed by atoms with Crippen molar-refractivity contribution in [1.29, 1.82) is 0 Å². The van der Waals surface area contributed by atoms with Gasteiger partial charge in [-0.2, -0.15) is 0 Å². The minimum absolute atomic E-state index is 0.0464. The maximum atomic E-state index is 12.6. The highest BCUT2D eigenvalue weighted by molar-refractivity contribution is 8.01. The summed E-state index contributed by atoms with van der Waals surface area (Å²) in [5, 5.41) is 10.3. The Morgan fingerprint density at radius 3 is 2.56 bits per heavy atom. The Labute approximate surface area is 202 Å². The summed E-state index contributed by atoms with van der Waals surface area (Å²) in [6.45, 7) is 1.87. The van der Waals surface area contributed by atoms with Crippen molar-refractivity contribution < 1.29 is 9.59 Å². The van der Waals surface area contributed by atoms with Crippen LogP contribution in [0.15, 0.2) is 48.5 Å². The van der Waals surface area contributed by atoms with E-state index in [-0.39, 0.29) is 22.9 Å². The van der Waals surface area contributed by atoms with E-state index in [4.69, 9.17) is 23.2 Å². The van der Waals surface area contributed by atoms with Crippen molar-refractivity contribution in [1.82, 2.24) is 15.5 Å². The summed E-state index contributed by atoms with van der Waals surface area (Å²) in [6, 6.07) is 14.8. The van der Waals surface area contributed by atoms with E-state index in [1.807, 2.05) is 18.2 Å². The Hall–Kier alpha value is -1.93. The molecule has 6 nitrogen and oxygen atoms in total. The van der Waals surface area contributed by atoms with E-state index in [0.29, 0.717) is 35.4 Å². The molecule has 1 spiro atoms. The van der Waals surface area contributed by atoms with Gasteiger partial charge in [-0.05, 0) is 43.0 Å². The summed E-state index contributed by atoms with van der Waals surface area (Å²) >= 11 is 13.7. The summed E-state index contributed by atoms with van der Waals surface area (Å²) in [5.74, 6) is 0.789. The molecule has 2 aliphatic rings. The fraction of sp³-hybridized carbons (Fsp3) is 0.391. The first-order chi connectivity index (χ1) is 15.4. The van der Waals surface area contributed by atoms with Gasteiger partial charge in [0.25, 0.3) is 0 Å². The Kier molecular flexibility index (Phi) is 7.51. The maximum absolute atomic E-state index is 12.6. The molecule has 2 heterocycles. The average molecular weight is 493 g/mol. The molecule has 3 N–H and O–H groups in total. The largest absolute Gasteiger partial charge is 0.354 e. The molecule has 2 aromatic rings. The number of rotatable bonds is 5. The molecule has 2 fully saturated rings. The second kappa shape index (κ2) is 10.3. The number of piperidine rings is 1. The summed E-state index contributed by atoms with van der Waals surface area (Å²) < 4.78 is 0. The lowest BCUT2D eigenvalue weighted by atomic mass is 10.0. The molecule has 3 amide bonds. The topological polar surface area (TPSA) is 73.5 Å². The average Bonchev–Trinajstić information content (AvgIpc) is 3.21. The second-order valence-corrected chi connectivity index (χ2v) is 10.3. The predicted molar refractivity (Wildman–Crippen MR) is 132 cm³/mol. The van der Waals surface area contributed by atoms with Gasteiger partial charge in [0, 0.05) is 31.1 Å². The van der Waals surface area contributed by atoms with Crippen LogP contribution in [-0.2, 0) is 11.2 Å². The smallest absolute Gasteiger partial charge is 0.321 e. The van der Waals surface area contributed by atoms with E-state index in [9.17, 15) is 9.59 Å². The molecule has 1 atom stereocenters. The van der Waals surface area contributed by atoms with E-state index < -0.39 is 0 Å².